The molecule has 0 fully saturated rings. The summed E-state index contributed by atoms with van der Waals surface area (Å²) in [5.74, 6) is 0. The van der Waals surface area contributed by atoms with Crippen LogP contribution in [0.4, 0.5) is 17.1 Å². The number of anilines is 2. The Balaban J connectivity index is 3.10. The van der Waals surface area contributed by atoms with E-state index in [-0.39, 0.29) is 37.7 Å². The second-order valence-electron chi connectivity index (χ2n) is 3.40. The second-order valence-corrected chi connectivity index (χ2v) is 3.40. The van der Waals surface area contributed by atoms with E-state index in [1.807, 2.05) is 0 Å². The van der Waals surface area contributed by atoms with E-state index < -0.39 is 4.92 Å². The second kappa shape index (κ2) is 6.02. The Hall–Kier alpha value is -1.86. The van der Waals surface area contributed by atoms with Crippen molar-refractivity contribution in [3.05, 3.63) is 28.3 Å². The minimum absolute atomic E-state index is 0.0411. The topological polar surface area (TPSA) is 113 Å². The summed E-state index contributed by atoms with van der Waals surface area (Å²) < 4.78 is 0. The number of nitrogen functional groups attached to an aromatic ring is 1. The number of aliphatic hydroxyl groups is 2. The van der Waals surface area contributed by atoms with Gasteiger partial charge in [-0.25, -0.2) is 0 Å². The van der Waals surface area contributed by atoms with Crippen molar-refractivity contribution < 1.29 is 15.1 Å². The SMILES string of the molecule is Nc1c(N(CCO)CCO)cccc1[N+](=O)[O-]. The van der Waals surface area contributed by atoms with Crippen LogP contribution in [0.1, 0.15) is 0 Å². The van der Waals surface area contributed by atoms with Crippen molar-refractivity contribution in [3.8, 4) is 0 Å². The maximum absolute atomic E-state index is 10.7. The molecule has 0 unspecified atom stereocenters. The van der Waals surface area contributed by atoms with Crippen molar-refractivity contribution in [2.75, 3.05) is 36.9 Å². The van der Waals surface area contributed by atoms with Crippen LogP contribution < -0.4 is 10.6 Å². The maximum atomic E-state index is 10.7. The largest absolute Gasteiger partial charge is 0.395 e. The van der Waals surface area contributed by atoms with E-state index >= 15 is 0 Å². The first-order valence-corrected chi connectivity index (χ1v) is 5.11. The monoisotopic (exact) mass is 241 g/mol. The van der Waals surface area contributed by atoms with Gasteiger partial charge in [-0.2, -0.15) is 0 Å². The lowest BCUT2D eigenvalue weighted by atomic mass is 10.2. The lowest BCUT2D eigenvalue weighted by Gasteiger charge is -2.24. The fraction of sp³-hybridized carbons (Fsp3) is 0.400. The van der Waals surface area contributed by atoms with Gasteiger partial charge in [-0.1, -0.05) is 6.07 Å². The fourth-order valence-corrected chi connectivity index (χ4v) is 1.57. The number of nitrogens with zero attached hydrogens (tertiary/aromatic N) is 2. The molecule has 4 N–H and O–H groups in total. The average Bonchev–Trinajstić information content (AvgIpc) is 2.29. The van der Waals surface area contributed by atoms with Crippen molar-refractivity contribution in [2.24, 2.45) is 0 Å². The molecule has 0 spiro atoms. The van der Waals surface area contributed by atoms with E-state index in [1.54, 1.807) is 11.0 Å². The van der Waals surface area contributed by atoms with Gasteiger partial charge in [0.15, 0.2) is 0 Å². The number of aliphatic hydroxyl groups excluding tert-OH is 2. The number of rotatable bonds is 6. The third kappa shape index (κ3) is 3.05. The molecular formula is C10H15N3O4. The van der Waals surface area contributed by atoms with Crippen LogP contribution >= 0.6 is 0 Å². The summed E-state index contributed by atoms with van der Waals surface area (Å²) in [5, 5.41) is 28.5. The standard InChI is InChI=1S/C10H15N3O4/c11-10-8(12(4-6-14)5-7-15)2-1-3-9(10)13(16)17/h1-3,14-15H,4-7,11H2. The van der Waals surface area contributed by atoms with Crippen LogP contribution in [0.25, 0.3) is 0 Å². The first kappa shape index (κ1) is 13.2. The Bertz CT molecular complexity index is 391. The average molecular weight is 241 g/mol. The van der Waals surface area contributed by atoms with E-state index in [2.05, 4.69) is 0 Å². The van der Waals surface area contributed by atoms with Crippen LogP contribution in [0, 0.1) is 10.1 Å². The predicted octanol–water partition coefficient (Wildman–Crippen LogP) is -0.0320. The number of hydrogen-bond acceptors (Lipinski definition) is 6. The number of hydrogen-bond donors (Lipinski definition) is 3. The molecule has 0 aliphatic rings. The van der Waals surface area contributed by atoms with Crippen LogP contribution in [0.3, 0.4) is 0 Å². The van der Waals surface area contributed by atoms with Gasteiger partial charge in [0.2, 0.25) is 0 Å². The molecule has 0 aromatic heterocycles. The molecule has 0 heterocycles. The van der Waals surface area contributed by atoms with Crippen molar-refractivity contribution in [3.63, 3.8) is 0 Å². The van der Waals surface area contributed by atoms with Gasteiger partial charge in [-0.3, -0.25) is 10.1 Å². The van der Waals surface area contributed by atoms with Crippen molar-refractivity contribution in [2.45, 2.75) is 0 Å². The maximum Gasteiger partial charge on any atom is 0.294 e. The minimum Gasteiger partial charge on any atom is -0.395 e. The number of nitro benzene ring substituents is 1. The summed E-state index contributed by atoms with van der Waals surface area (Å²) in [6, 6.07) is 4.45. The normalized spacial score (nSPS) is 10.2. The van der Waals surface area contributed by atoms with Crippen LogP contribution in [-0.2, 0) is 0 Å². The number of benzene rings is 1. The van der Waals surface area contributed by atoms with Crippen LogP contribution in [0.2, 0.25) is 0 Å². The smallest absolute Gasteiger partial charge is 0.294 e. The van der Waals surface area contributed by atoms with E-state index in [4.69, 9.17) is 15.9 Å². The van der Waals surface area contributed by atoms with Gasteiger partial charge in [0.05, 0.1) is 23.8 Å². The zero-order valence-corrected chi connectivity index (χ0v) is 9.24. The Morgan fingerprint density at radius 2 is 1.88 bits per heavy atom. The van der Waals surface area contributed by atoms with Crippen molar-refractivity contribution >= 4 is 17.1 Å². The molecule has 1 aromatic carbocycles. The molecule has 0 saturated heterocycles. The first-order chi connectivity index (χ1) is 8.11. The molecule has 0 radical (unpaired) electrons. The third-order valence-electron chi connectivity index (χ3n) is 2.34. The molecule has 1 rings (SSSR count). The number of para-hydroxylation sites is 1. The molecule has 17 heavy (non-hydrogen) atoms. The van der Waals surface area contributed by atoms with Gasteiger partial charge >= 0.3 is 0 Å². The molecule has 0 aliphatic carbocycles. The Labute approximate surface area is 98.2 Å². The molecule has 0 amide bonds. The molecule has 0 bridgehead atoms. The Morgan fingerprint density at radius 1 is 1.29 bits per heavy atom. The highest BCUT2D eigenvalue weighted by molar-refractivity contribution is 5.76. The molecule has 0 aliphatic heterocycles. The van der Waals surface area contributed by atoms with E-state index in [0.717, 1.165) is 0 Å². The highest BCUT2D eigenvalue weighted by Crippen LogP contribution is 2.31. The third-order valence-corrected chi connectivity index (χ3v) is 2.34. The van der Waals surface area contributed by atoms with Gasteiger partial charge in [-0.15, -0.1) is 0 Å². The lowest BCUT2D eigenvalue weighted by molar-refractivity contribution is -0.383. The van der Waals surface area contributed by atoms with Crippen molar-refractivity contribution in [1.82, 2.24) is 0 Å². The zero-order chi connectivity index (χ0) is 12.8. The Morgan fingerprint density at radius 3 is 2.35 bits per heavy atom. The minimum atomic E-state index is -0.561. The summed E-state index contributed by atoms with van der Waals surface area (Å²) >= 11 is 0. The van der Waals surface area contributed by atoms with Gasteiger partial charge in [-0.05, 0) is 6.07 Å². The van der Waals surface area contributed by atoms with Gasteiger partial charge < -0.3 is 20.8 Å². The molecule has 1 aromatic rings. The summed E-state index contributed by atoms with van der Waals surface area (Å²) in [5.41, 5.74) is 6.01. The van der Waals surface area contributed by atoms with E-state index in [9.17, 15) is 10.1 Å². The summed E-state index contributed by atoms with van der Waals surface area (Å²) in [6.07, 6.45) is 0. The van der Waals surface area contributed by atoms with Gasteiger partial charge in [0.25, 0.3) is 5.69 Å². The van der Waals surface area contributed by atoms with E-state index in [1.165, 1.54) is 12.1 Å². The molecule has 0 saturated carbocycles. The highest BCUT2D eigenvalue weighted by Gasteiger charge is 2.17. The molecule has 7 nitrogen and oxygen atoms in total. The summed E-state index contributed by atoms with van der Waals surface area (Å²) in [4.78, 5) is 11.8. The number of nitrogens with two attached hydrogens (primary N) is 1. The highest BCUT2D eigenvalue weighted by atomic mass is 16.6. The van der Waals surface area contributed by atoms with Crippen LogP contribution in [0.5, 0.6) is 0 Å². The first-order valence-electron chi connectivity index (χ1n) is 5.11. The zero-order valence-electron chi connectivity index (χ0n) is 9.24. The van der Waals surface area contributed by atoms with Crippen molar-refractivity contribution in [1.29, 1.82) is 0 Å². The lowest BCUT2D eigenvalue weighted by Crippen LogP contribution is -2.30. The summed E-state index contributed by atoms with van der Waals surface area (Å²) in [7, 11) is 0. The Kier molecular flexibility index (Phi) is 4.68. The fourth-order valence-electron chi connectivity index (χ4n) is 1.57. The molecule has 94 valence electrons. The summed E-state index contributed by atoms with van der Waals surface area (Å²) in [6.45, 7) is 0.266. The predicted molar refractivity (Wildman–Crippen MR) is 63.9 cm³/mol. The van der Waals surface area contributed by atoms with Crippen LogP contribution in [0.15, 0.2) is 18.2 Å². The van der Waals surface area contributed by atoms with E-state index in [0.29, 0.717) is 5.69 Å². The quantitative estimate of drug-likeness (QED) is 0.366. The van der Waals surface area contributed by atoms with Crippen LogP contribution in [-0.4, -0.2) is 41.4 Å². The van der Waals surface area contributed by atoms with Gasteiger partial charge in [0.1, 0.15) is 5.69 Å². The molecule has 0 atom stereocenters. The number of nitro groups is 1. The molecule has 7 heteroatoms. The van der Waals surface area contributed by atoms with Gasteiger partial charge in [0, 0.05) is 19.2 Å². The molecular weight excluding hydrogens is 226 g/mol.